The van der Waals surface area contributed by atoms with E-state index < -0.39 is 23.4 Å². The van der Waals surface area contributed by atoms with Crippen molar-refractivity contribution in [2.75, 3.05) is 33.4 Å². The third-order valence-electron chi connectivity index (χ3n) is 5.81. The van der Waals surface area contributed by atoms with Gasteiger partial charge in [-0.25, -0.2) is 4.79 Å². The van der Waals surface area contributed by atoms with E-state index in [2.05, 4.69) is 0 Å². The van der Waals surface area contributed by atoms with Crippen LogP contribution in [0.1, 0.15) is 57.8 Å². The average Bonchev–Trinajstić information content (AvgIpc) is 2.73. The van der Waals surface area contributed by atoms with Crippen molar-refractivity contribution in [2.45, 2.75) is 65.0 Å². The molecule has 8 nitrogen and oxygen atoms in total. The molecule has 1 saturated heterocycles. The summed E-state index contributed by atoms with van der Waals surface area (Å²) in [6, 6.07) is 5.24. The predicted molar refractivity (Wildman–Crippen MR) is 118 cm³/mol. The summed E-state index contributed by atoms with van der Waals surface area (Å²) < 4.78 is 29.1. The third-order valence-corrected chi connectivity index (χ3v) is 5.81. The van der Waals surface area contributed by atoms with Gasteiger partial charge in [-0.1, -0.05) is 0 Å². The fourth-order valence-electron chi connectivity index (χ4n) is 4.35. The highest BCUT2D eigenvalue weighted by atomic mass is 16.7. The Balaban J connectivity index is 1.93. The predicted octanol–water partition coefficient (Wildman–Crippen LogP) is 4.06. The Morgan fingerprint density at radius 2 is 1.81 bits per heavy atom. The Labute approximate surface area is 190 Å². The van der Waals surface area contributed by atoms with E-state index in [4.69, 9.17) is 23.7 Å². The molecule has 2 heterocycles. The van der Waals surface area contributed by atoms with Gasteiger partial charge in [-0.2, -0.15) is 0 Å². The first-order chi connectivity index (χ1) is 15.1. The Kier molecular flexibility index (Phi) is 7.35. The van der Waals surface area contributed by atoms with Crippen LogP contribution in [0.3, 0.4) is 0 Å². The highest BCUT2D eigenvalue weighted by Gasteiger charge is 2.55. The molecule has 0 bridgehead atoms. The van der Waals surface area contributed by atoms with Crippen molar-refractivity contribution >= 4 is 11.9 Å². The number of carbonyl (C=O) groups is 2. The van der Waals surface area contributed by atoms with Crippen LogP contribution in [-0.4, -0.2) is 67.7 Å². The van der Waals surface area contributed by atoms with Crippen LogP contribution < -0.4 is 9.47 Å². The van der Waals surface area contributed by atoms with E-state index in [9.17, 15) is 9.59 Å². The molecule has 0 aliphatic carbocycles. The van der Waals surface area contributed by atoms with E-state index in [1.54, 1.807) is 30.2 Å². The van der Waals surface area contributed by atoms with Gasteiger partial charge in [-0.05, 0) is 52.8 Å². The molecular weight excluding hydrogens is 414 g/mol. The number of ketones is 1. The first-order valence-electron chi connectivity index (χ1n) is 11.3. The molecule has 2 aliphatic rings. The van der Waals surface area contributed by atoms with Crippen LogP contribution in [0.15, 0.2) is 18.2 Å². The molecule has 1 atom stereocenters. The smallest absolute Gasteiger partial charge is 0.410 e. The minimum atomic E-state index is -0.841. The number of likely N-dealkylation sites (tertiary alicyclic amines) is 1. The van der Waals surface area contributed by atoms with Gasteiger partial charge < -0.3 is 28.6 Å². The number of amides is 1. The van der Waals surface area contributed by atoms with Gasteiger partial charge in [0.05, 0.1) is 12.7 Å². The molecule has 1 aromatic carbocycles. The Bertz CT molecular complexity index is 818. The van der Waals surface area contributed by atoms with Crippen molar-refractivity contribution in [3.8, 4) is 11.5 Å². The Morgan fingerprint density at radius 1 is 1.19 bits per heavy atom. The van der Waals surface area contributed by atoms with Crippen LogP contribution in [0.5, 0.6) is 11.5 Å². The number of piperidine rings is 1. The minimum absolute atomic E-state index is 0.0947. The summed E-state index contributed by atoms with van der Waals surface area (Å²) in [6.07, 6.45) is -0.178. The fourth-order valence-corrected chi connectivity index (χ4v) is 4.35. The molecule has 1 aromatic rings. The first kappa shape index (κ1) is 24.3. The Hall–Kier alpha value is -2.32. The SMILES string of the molecule is CCOC(OCC)C1C(=O)c2cc(OC)ccc2OC12CCN(C(=O)OC(C)(C)C)CC2. The van der Waals surface area contributed by atoms with Crippen molar-refractivity contribution in [3.63, 3.8) is 0 Å². The molecule has 32 heavy (non-hydrogen) atoms. The zero-order valence-corrected chi connectivity index (χ0v) is 19.9. The van der Waals surface area contributed by atoms with Crippen molar-refractivity contribution in [1.82, 2.24) is 4.90 Å². The number of fused-ring (bicyclic) bond motifs is 1. The molecule has 1 amide bonds. The maximum absolute atomic E-state index is 13.8. The summed E-state index contributed by atoms with van der Waals surface area (Å²) >= 11 is 0. The zero-order chi connectivity index (χ0) is 23.5. The lowest BCUT2D eigenvalue weighted by atomic mass is 9.73. The third kappa shape index (κ3) is 5.02. The molecule has 2 aliphatic heterocycles. The number of ether oxygens (including phenoxy) is 5. The van der Waals surface area contributed by atoms with Crippen molar-refractivity contribution in [2.24, 2.45) is 5.92 Å². The van der Waals surface area contributed by atoms with Crippen LogP contribution in [0.2, 0.25) is 0 Å². The molecule has 1 unspecified atom stereocenters. The van der Waals surface area contributed by atoms with Gasteiger partial charge in [0, 0.05) is 39.1 Å². The molecule has 1 spiro atoms. The number of carbonyl (C=O) groups excluding carboxylic acids is 2. The second-order valence-electron chi connectivity index (χ2n) is 9.12. The highest BCUT2D eigenvalue weighted by Crippen LogP contribution is 2.46. The van der Waals surface area contributed by atoms with E-state index in [0.717, 1.165) is 0 Å². The first-order valence-corrected chi connectivity index (χ1v) is 11.3. The van der Waals surface area contributed by atoms with Gasteiger partial charge in [0.2, 0.25) is 0 Å². The van der Waals surface area contributed by atoms with E-state index in [-0.39, 0.29) is 11.9 Å². The number of benzene rings is 1. The van der Waals surface area contributed by atoms with Crippen LogP contribution >= 0.6 is 0 Å². The van der Waals surface area contributed by atoms with Crippen LogP contribution in [0, 0.1) is 5.92 Å². The largest absolute Gasteiger partial charge is 0.497 e. The summed E-state index contributed by atoms with van der Waals surface area (Å²) in [6.45, 7) is 10.9. The summed E-state index contributed by atoms with van der Waals surface area (Å²) in [5.41, 5.74) is -0.954. The lowest BCUT2D eigenvalue weighted by Crippen LogP contribution is -2.61. The number of methoxy groups -OCH3 is 1. The van der Waals surface area contributed by atoms with E-state index in [1.165, 1.54) is 0 Å². The number of nitrogens with zero attached hydrogens (tertiary/aromatic N) is 1. The van der Waals surface area contributed by atoms with Crippen LogP contribution in [0.25, 0.3) is 0 Å². The minimum Gasteiger partial charge on any atom is -0.497 e. The molecule has 0 aromatic heterocycles. The van der Waals surface area contributed by atoms with Crippen molar-refractivity contribution in [1.29, 1.82) is 0 Å². The normalized spacial score (nSPS) is 20.2. The molecule has 0 saturated carbocycles. The average molecular weight is 450 g/mol. The van der Waals surface area contributed by atoms with Crippen LogP contribution in [0.4, 0.5) is 4.79 Å². The fraction of sp³-hybridized carbons (Fsp3) is 0.667. The van der Waals surface area contributed by atoms with Crippen molar-refractivity contribution in [3.05, 3.63) is 23.8 Å². The van der Waals surface area contributed by atoms with Crippen molar-refractivity contribution < 1.29 is 33.3 Å². The van der Waals surface area contributed by atoms with E-state index in [0.29, 0.717) is 56.2 Å². The van der Waals surface area contributed by atoms with E-state index in [1.807, 2.05) is 34.6 Å². The number of rotatable bonds is 6. The lowest BCUT2D eigenvalue weighted by molar-refractivity contribution is -0.198. The molecule has 3 rings (SSSR count). The highest BCUT2D eigenvalue weighted by molar-refractivity contribution is 6.02. The summed E-state index contributed by atoms with van der Waals surface area (Å²) in [5, 5.41) is 0. The topological polar surface area (TPSA) is 83.5 Å². The van der Waals surface area contributed by atoms with Gasteiger partial charge in [0.15, 0.2) is 12.1 Å². The van der Waals surface area contributed by atoms with Crippen LogP contribution in [-0.2, 0) is 14.2 Å². The standard InChI is InChI=1S/C24H35NO7/c1-7-29-21(30-8-2)19-20(26)17-15-16(28-6)9-10-18(17)31-24(19)11-13-25(14-12-24)22(27)32-23(3,4)5/h9-10,15,19,21H,7-8,11-14H2,1-6H3. The lowest BCUT2D eigenvalue weighted by Gasteiger charge is -2.49. The second kappa shape index (κ2) is 9.67. The monoisotopic (exact) mass is 449 g/mol. The molecule has 0 radical (unpaired) electrons. The van der Waals surface area contributed by atoms with Gasteiger partial charge in [0.1, 0.15) is 28.6 Å². The van der Waals surface area contributed by atoms with Gasteiger partial charge in [0.25, 0.3) is 0 Å². The summed E-state index contributed by atoms with van der Waals surface area (Å²) in [7, 11) is 1.56. The van der Waals surface area contributed by atoms with E-state index >= 15 is 0 Å². The quantitative estimate of drug-likeness (QED) is 0.606. The second-order valence-corrected chi connectivity index (χ2v) is 9.12. The molecule has 1 fully saturated rings. The Morgan fingerprint density at radius 3 is 2.34 bits per heavy atom. The zero-order valence-electron chi connectivity index (χ0n) is 19.9. The molecule has 178 valence electrons. The molecule has 8 heteroatoms. The maximum atomic E-state index is 13.8. The summed E-state index contributed by atoms with van der Waals surface area (Å²) in [5.74, 6) is 0.342. The van der Waals surface area contributed by atoms with Gasteiger partial charge in [-0.3, -0.25) is 4.79 Å². The maximum Gasteiger partial charge on any atom is 0.410 e. The molecule has 0 N–H and O–H groups in total. The number of hydrogen-bond donors (Lipinski definition) is 0. The molecular formula is C24H35NO7. The summed E-state index contributed by atoms with van der Waals surface area (Å²) in [4.78, 5) is 28.0. The van der Waals surface area contributed by atoms with Gasteiger partial charge in [-0.15, -0.1) is 0 Å². The number of hydrogen-bond acceptors (Lipinski definition) is 7. The number of Topliss-reactive ketones (excluding diaryl/α,β-unsaturated/α-hetero) is 1. The van der Waals surface area contributed by atoms with Gasteiger partial charge >= 0.3 is 6.09 Å².